The highest BCUT2D eigenvalue weighted by Gasteiger charge is 2.14. The number of ketones is 1. The summed E-state index contributed by atoms with van der Waals surface area (Å²) in [6.07, 6.45) is 1.83. The standard InChI is InChI=1S/C28H22O/c1-3-21-11-15-23(16-12-21)27-19-25(28(29)24-7-5-4-6-8-24)17-18-26(27)22-13-9-20(2)10-14-22/h3-19H,1H2,2H3. The normalized spacial score (nSPS) is 10.5. The Morgan fingerprint density at radius 1 is 0.690 bits per heavy atom. The fourth-order valence-electron chi connectivity index (χ4n) is 3.46. The van der Waals surface area contributed by atoms with E-state index in [2.05, 4.69) is 56.0 Å². The third-order valence-electron chi connectivity index (χ3n) is 5.14. The maximum Gasteiger partial charge on any atom is 0.193 e. The van der Waals surface area contributed by atoms with Crippen molar-refractivity contribution in [3.05, 3.63) is 126 Å². The molecule has 0 radical (unpaired) electrons. The molecule has 29 heavy (non-hydrogen) atoms. The lowest BCUT2D eigenvalue weighted by Gasteiger charge is -2.13. The Balaban J connectivity index is 1.86. The predicted octanol–water partition coefficient (Wildman–Crippen LogP) is 7.20. The van der Waals surface area contributed by atoms with Crippen molar-refractivity contribution in [2.24, 2.45) is 0 Å². The first-order valence-corrected chi connectivity index (χ1v) is 9.69. The lowest BCUT2D eigenvalue weighted by molar-refractivity contribution is 0.103. The molecule has 0 bridgehead atoms. The molecule has 0 unspecified atom stereocenters. The van der Waals surface area contributed by atoms with Crippen molar-refractivity contribution in [3.63, 3.8) is 0 Å². The van der Waals surface area contributed by atoms with Crippen LogP contribution < -0.4 is 0 Å². The van der Waals surface area contributed by atoms with Crippen LogP contribution in [0.15, 0.2) is 104 Å². The number of carbonyl (C=O) groups is 1. The Morgan fingerprint density at radius 2 is 1.31 bits per heavy atom. The maximum absolute atomic E-state index is 13.0. The van der Waals surface area contributed by atoms with Crippen LogP contribution in [0.2, 0.25) is 0 Å². The molecule has 1 heteroatoms. The van der Waals surface area contributed by atoms with E-state index < -0.39 is 0 Å². The maximum atomic E-state index is 13.0. The summed E-state index contributed by atoms with van der Waals surface area (Å²) in [5.74, 6) is 0.0324. The molecular weight excluding hydrogens is 352 g/mol. The summed E-state index contributed by atoms with van der Waals surface area (Å²) in [5.41, 5.74) is 8.06. The molecular formula is C28H22O. The highest BCUT2D eigenvalue weighted by atomic mass is 16.1. The van der Waals surface area contributed by atoms with Crippen molar-refractivity contribution in [1.29, 1.82) is 0 Å². The van der Waals surface area contributed by atoms with Gasteiger partial charge in [-0.1, -0.05) is 109 Å². The van der Waals surface area contributed by atoms with Crippen LogP contribution >= 0.6 is 0 Å². The number of rotatable bonds is 5. The fourth-order valence-corrected chi connectivity index (χ4v) is 3.46. The van der Waals surface area contributed by atoms with E-state index in [0.29, 0.717) is 11.1 Å². The smallest absolute Gasteiger partial charge is 0.193 e. The molecule has 140 valence electrons. The predicted molar refractivity (Wildman–Crippen MR) is 122 cm³/mol. The Morgan fingerprint density at radius 3 is 1.97 bits per heavy atom. The Kier molecular flexibility index (Phi) is 5.22. The van der Waals surface area contributed by atoms with E-state index in [1.807, 2.05) is 60.7 Å². The first-order chi connectivity index (χ1) is 14.2. The number of hydrogen-bond acceptors (Lipinski definition) is 1. The summed E-state index contributed by atoms with van der Waals surface area (Å²) in [7, 11) is 0. The zero-order valence-electron chi connectivity index (χ0n) is 16.4. The average Bonchev–Trinajstić information content (AvgIpc) is 2.79. The molecule has 0 aliphatic heterocycles. The summed E-state index contributed by atoms with van der Waals surface area (Å²) in [6, 6.07) is 32.2. The fraction of sp³-hybridized carbons (Fsp3) is 0.0357. The zero-order valence-corrected chi connectivity index (χ0v) is 16.4. The lowest BCUT2D eigenvalue weighted by Crippen LogP contribution is -2.01. The van der Waals surface area contributed by atoms with Gasteiger partial charge in [0.25, 0.3) is 0 Å². The second kappa shape index (κ2) is 8.12. The highest BCUT2D eigenvalue weighted by molar-refractivity contribution is 6.10. The first-order valence-electron chi connectivity index (χ1n) is 9.69. The van der Waals surface area contributed by atoms with Gasteiger partial charge in [0.2, 0.25) is 0 Å². The molecule has 0 atom stereocenters. The monoisotopic (exact) mass is 374 g/mol. The molecule has 4 aromatic carbocycles. The molecule has 0 aliphatic carbocycles. The van der Waals surface area contributed by atoms with E-state index in [-0.39, 0.29) is 5.78 Å². The van der Waals surface area contributed by atoms with Crippen LogP contribution in [0.5, 0.6) is 0 Å². The average molecular weight is 374 g/mol. The summed E-state index contributed by atoms with van der Waals surface area (Å²) in [6.45, 7) is 5.92. The summed E-state index contributed by atoms with van der Waals surface area (Å²) >= 11 is 0. The molecule has 0 amide bonds. The molecule has 0 spiro atoms. The van der Waals surface area contributed by atoms with Gasteiger partial charge in [0, 0.05) is 11.1 Å². The molecule has 0 aliphatic rings. The van der Waals surface area contributed by atoms with Crippen molar-refractivity contribution in [3.8, 4) is 22.3 Å². The van der Waals surface area contributed by atoms with Crippen LogP contribution in [0.25, 0.3) is 28.3 Å². The van der Waals surface area contributed by atoms with E-state index in [0.717, 1.165) is 27.8 Å². The first kappa shape index (κ1) is 18.6. The van der Waals surface area contributed by atoms with Gasteiger partial charge in [0.1, 0.15) is 0 Å². The van der Waals surface area contributed by atoms with E-state index >= 15 is 0 Å². The zero-order chi connectivity index (χ0) is 20.2. The largest absolute Gasteiger partial charge is 0.289 e. The third kappa shape index (κ3) is 3.95. The molecule has 0 saturated heterocycles. The molecule has 0 saturated carbocycles. The second-order valence-corrected chi connectivity index (χ2v) is 7.15. The van der Waals surface area contributed by atoms with Gasteiger partial charge in [-0.15, -0.1) is 0 Å². The number of aryl methyl sites for hydroxylation is 1. The molecule has 4 rings (SSSR count). The van der Waals surface area contributed by atoms with Crippen molar-refractivity contribution in [1.82, 2.24) is 0 Å². The Hall–Kier alpha value is -3.71. The van der Waals surface area contributed by atoms with Crippen LogP contribution in [0.3, 0.4) is 0 Å². The van der Waals surface area contributed by atoms with Gasteiger partial charge in [-0.05, 0) is 40.8 Å². The number of benzene rings is 4. The van der Waals surface area contributed by atoms with Crippen molar-refractivity contribution < 1.29 is 4.79 Å². The lowest BCUT2D eigenvalue weighted by atomic mass is 9.90. The molecule has 4 aromatic rings. The molecule has 0 N–H and O–H groups in total. The van der Waals surface area contributed by atoms with Gasteiger partial charge in [-0.3, -0.25) is 4.79 Å². The minimum atomic E-state index is 0.0324. The van der Waals surface area contributed by atoms with Crippen LogP contribution in [0, 0.1) is 6.92 Å². The molecule has 0 fully saturated rings. The minimum Gasteiger partial charge on any atom is -0.289 e. The van der Waals surface area contributed by atoms with Gasteiger partial charge in [-0.25, -0.2) is 0 Å². The van der Waals surface area contributed by atoms with Crippen LogP contribution in [-0.4, -0.2) is 5.78 Å². The summed E-state index contributed by atoms with van der Waals surface area (Å²) < 4.78 is 0. The van der Waals surface area contributed by atoms with Gasteiger partial charge in [0.05, 0.1) is 0 Å². The van der Waals surface area contributed by atoms with E-state index in [1.165, 1.54) is 5.56 Å². The Bertz CT molecular complexity index is 1150. The topological polar surface area (TPSA) is 17.1 Å². The second-order valence-electron chi connectivity index (χ2n) is 7.15. The SMILES string of the molecule is C=Cc1ccc(-c2cc(C(=O)c3ccccc3)ccc2-c2ccc(C)cc2)cc1. The van der Waals surface area contributed by atoms with Gasteiger partial charge >= 0.3 is 0 Å². The Labute approximate surface area is 172 Å². The highest BCUT2D eigenvalue weighted by Crippen LogP contribution is 2.34. The van der Waals surface area contributed by atoms with Crippen molar-refractivity contribution >= 4 is 11.9 Å². The molecule has 0 heterocycles. The van der Waals surface area contributed by atoms with Crippen LogP contribution in [-0.2, 0) is 0 Å². The quantitative estimate of drug-likeness (QED) is 0.337. The number of hydrogen-bond donors (Lipinski definition) is 0. The van der Waals surface area contributed by atoms with E-state index in [1.54, 1.807) is 0 Å². The molecule has 1 nitrogen and oxygen atoms in total. The van der Waals surface area contributed by atoms with Gasteiger partial charge in [-0.2, -0.15) is 0 Å². The van der Waals surface area contributed by atoms with Crippen LogP contribution in [0.1, 0.15) is 27.0 Å². The summed E-state index contributed by atoms with van der Waals surface area (Å²) in [4.78, 5) is 13.0. The number of carbonyl (C=O) groups excluding carboxylic acids is 1. The van der Waals surface area contributed by atoms with E-state index in [4.69, 9.17) is 0 Å². The molecule has 0 aromatic heterocycles. The third-order valence-corrected chi connectivity index (χ3v) is 5.14. The summed E-state index contributed by atoms with van der Waals surface area (Å²) in [5, 5.41) is 0. The van der Waals surface area contributed by atoms with Crippen molar-refractivity contribution in [2.45, 2.75) is 6.92 Å². The van der Waals surface area contributed by atoms with Gasteiger partial charge in [0.15, 0.2) is 5.78 Å². The van der Waals surface area contributed by atoms with Crippen LogP contribution in [0.4, 0.5) is 0 Å². The minimum absolute atomic E-state index is 0.0324. The van der Waals surface area contributed by atoms with E-state index in [9.17, 15) is 4.79 Å². The van der Waals surface area contributed by atoms with Crippen molar-refractivity contribution in [2.75, 3.05) is 0 Å². The van der Waals surface area contributed by atoms with Gasteiger partial charge < -0.3 is 0 Å².